The number of aliphatic hydroxyl groups is 1. The first-order chi connectivity index (χ1) is 18.7. The first-order valence-electron chi connectivity index (χ1n) is 13.3. The number of β-amino-alcohol motifs (C(OH)–C–C–N with tert-alkyl or cyclic N) is 1. The molecule has 13 heteroatoms. The number of nitrogens with zero attached hydrogens (tertiary/aromatic N) is 6. The second kappa shape index (κ2) is 10.1. The van der Waals surface area contributed by atoms with Crippen LogP contribution in [0.25, 0.3) is 5.65 Å². The van der Waals surface area contributed by atoms with E-state index in [9.17, 15) is 18.3 Å². The number of aromatic nitrogens is 3. The lowest BCUT2D eigenvalue weighted by Crippen LogP contribution is -2.39. The molecule has 2 N–H and O–H groups in total. The number of halogens is 1. The van der Waals surface area contributed by atoms with Crippen LogP contribution in [0.3, 0.4) is 0 Å². The van der Waals surface area contributed by atoms with Crippen molar-refractivity contribution in [3.05, 3.63) is 46.6 Å². The van der Waals surface area contributed by atoms with E-state index in [1.807, 2.05) is 16.6 Å². The lowest BCUT2D eigenvalue weighted by molar-refractivity contribution is 0.0607. The van der Waals surface area contributed by atoms with Crippen LogP contribution in [0, 0.1) is 0 Å². The molecule has 0 spiro atoms. The Morgan fingerprint density at radius 3 is 2.56 bits per heavy atom. The highest BCUT2D eigenvalue weighted by atomic mass is 35.5. The van der Waals surface area contributed by atoms with E-state index in [4.69, 9.17) is 21.7 Å². The SMILES string of the molecule is CS(=O)(=O)Nc1ccc(Cl)cc1C(=O)N1CCCC[C@H]1c1cc2nc(N3CCC3)cc(N3CC[C@H](O)C3)n2n1. The van der Waals surface area contributed by atoms with Crippen molar-refractivity contribution in [2.75, 3.05) is 53.5 Å². The molecular weight excluding hydrogens is 542 g/mol. The van der Waals surface area contributed by atoms with Gasteiger partial charge in [0.25, 0.3) is 5.91 Å². The molecule has 0 bridgehead atoms. The van der Waals surface area contributed by atoms with E-state index < -0.39 is 10.0 Å². The molecule has 5 heterocycles. The van der Waals surface area contributed by atoms with Crippen LogP contribution in [0.4, 0.5) is 17.3 Å². The van der Waals surface area contributed by atoms with E-state index in [1.54, 1.807) is 11.0 Å². The number of nitrogens with one attached hydrogen (secondary N) is 1. The van der Waals surface area contributed by atoms with Crippen LogP contribution < -0.4 is 14.5 Å². The highest BCUT2D eigenvalue weighted by Gasteiger charge is 2.33. The average molecular weight is 574 g/mol. The fourth-order valence-electron chi connectivity index (χ4n) is 5.63. The molecule has 2 aromatic heterocycles. The van der Waals surface area contributed by atoms with Crippen molar-refractivity contribution < 1.29 is 18.3 Å². The monoisotopic (exact) mass is 573 g/mol. The fourth-order valence-corrected chi connectivity index (χ4v) is 6.38. The molecule has 11 nitrogen and oxygen atoms in total. The number of hydrogen-bond acceptors (Lipinski definition) is 8. The number of sulfonamides is 1. The Kier molecular flexibility index (Phi) is 6.80. The minimum Gasteiger partial charge on any atom is -0.391 e. The number of fused-ring (bicyclic) bond motifs is 1. The van der Waals surface area contributed by atoms with E-state index in [0.717, 1.165) is 68.9 Å². The normalized spacial score (nSPS) is 21.9. The van der Waals surface area contributed by atoms with Crippen LogP contribution in [0.2, 0.25) is 5.02 Å². The van der Waals surface area contributed by atoms with E-state index in [0.29, 0.717) is 30.2 Å². The molecule has 6 rings (SSSR count). The van der Waals surface area contributed by atoms with Crippen molar-refractivity contribution in [3.8, 4) is 0 Å². The van der Waals surface area contributed by atoms with E-state index in [2.05, 4.69) is 14.5 Å². The summed E-state index contributed by atoms with van der Waals surface area (Å²) in [5.74, 6) is 1.47. The van der Waals surface area contributed by atoms with Crippen LogP contribution in [0.15, 0.2) is 30.3 Å². The van der Waals surface area contributed by atoms with Gasteiger partial charge in [-0.15, -0.1) is 0 Å². The molecule has 3 aliphatic rings. The van der Waals surface area contributed by atoms with Gasteiger partial charge in [0.1, 0.15) is 11.6 Å². The van der Waals surface area contributed by atoms with Gasteiger partial charge in [-0.05, 0) is 50.3 Å². The van der Waals surface area contributed by atoms with Gasteiger partial charge in [-0.1, -0.05) is 11.6 Å². The van der Waals surface area contributed by atoms with Crippen LogP contribution in [0.5, 0.6) is 0 Å². The zero-order valence-corrected chi connectivity index (χ0v) is 23.3. The number of benzene rings is 1. The second-order valence-electron chi connectivity index (χ2n) is 10.6. The topological polar surface area (TPSA) is 123 Å². The van der Waals surface area contributed by atoms with Gasteiger partial charge < -0.3 is 19.8 Å². The highest BCUT2D eigenvalue weighted by molar-refractivity contribution is 7.92. The van der Waals surface area contributed by atoms with Crippen molar-refractivity contribution in [2.45, 2.75) is 44.2 Å². The number of likely N-dealkylation sites (tertiary alicyclic amines) is 1. The van der Waals surface area contributed by atoms with Crippen molar-refractivity contribution in [2.24, 2.45) is 0 Å². The summed E-state index contributed by atoms with van der Waals surface area (Å²) in [7, 11) is -3.60. The molecule has 3 aliphatic heterocycles. The summed E-state index contributed by atoms with van der Waals surface area (Å²) in [4.78, 5) is 24.9. The maximum absolute atomic E-state index is 13.9. The molecule has 208 valence electrons. The molecule has 3 aromatic rings. The average Bonchev–Trinajstić information content (AvgIpc) is 3.48. The Bertz CT molecular complexity index is 1520. The Labute approximate surface area is 232 Å². The van der Waals surface area contributed by atoms with Gasteiger partial charge in [-0.2, -0.15) is 9.61 Å². The second-order valence-corrected chi connectivity index (χ2v) is 12.8. The van der Waals surface area contributed by atoms with E-state index >= 15 is 0 Å². The third-order valence-electron chi connectivity index (χ3n) is 7.69. The molecule has 1 aromatic carbocycles. The van der Waals surface area contributed by atoms with E-state index in [1.165, 1.54) is 12.1 Å². The summed E-state index contributed by atoms with van der Waals surface area (Å²) in [6.07, 6.45) is 4.99. The van der Waals surface area contributed by atoms with Crippen molar-refractivity contribution in [1.29, 1.82) is 0 Å². The molecule has 0 aliphatic carbocycles. The van der Waals surface area contributed by atoms with E-state index in [-0.39, 0.29) is 29.3 Å². The molecular formula is C26H32ClN7O4S. The molecule has 39 heavy (non-hydrogen) atoms. The predicted molar refractivity (Wildman–Crippen MR) is 150 cm³/mol. The zero-order chi connectivity index (χ0) is 27.3. The Morgan fingerprint density at radius 1 is 1.05 bits per heavy atom. The quantitative estimate of drug-likeness (QED) is 0.461. The number of carbonyl (C=O) groups is 1. The maximum Gasteiger partial charge on any atom is 0.256 e. The predicted octanol–water partition coefficient (Wildman–Crippen LogP) is 2.90. The summed E-state index contributed by atoms with van der Waals surface area (Å²) >= 11 is 6.23. The molecule has 2 atom stereocenters. The number of hydrogen-bond donors (Lipinski definition) is 2. The first kappa shape index (κ1) is 26.1. The van der Waals surface area contributed by atoms with Gasteiger partial charge in [0.15, 0.2) is 5.65 Å². The van der Waals surface area contributed by atoms with Crippen LogP contribution in [0.1, 0.15) is 54.2 Å². The van der Waals surface area contributed by atoms with Gasteiger partial charge in [0.05, 0.1) is 35.3 Å². The Balaban J connectivity index is 1.39. The minimum absolute atomic E-state index is 0.196. The zero-order valence-electron chi connectivity index (χ0n) is 21.8. The van der Waals surface area contributed by atoms with Crippen LogP contribution in [-0.2, 0) is 10.0 Å². The third kappa shape index (κ3) is 5.24. The maximum atomic E-state index is 13.9. The van der Waals surface area contributed by atoms with Gasteiger partial charge in [0, 0.05) is 49.9 Å². The lowest BCUT2D eigenvalue weighted by Gasteiger charge is -2.35. The first-order valence-corrected chi connectivity index (χ1v) is 15.6. The largest absolute Gasteiger partial charge is 0.391 e. The third-order valence-corrected chi connectivity index (χ3v) is 8.52. The molecule has 0 radical (unpaired) electrons. The standard InChI is InChI=1S/C26H32ClN7O4S/c1-39(37,38)30-20-7-6-17(27)13-19(20)26(36)33-11-3-2-5-22(33)21-14-24-28-23(31-9-4-10-31)15-25(34(24)29-21)32-12-8-18(35)16-32/h6-7,13-15,18,22,30,35H,2-5,8-12,16H2,1H3/t18-,22-/m0/s1. The summed E-state index contributed by atoms with van der Waals surface area (Å²) < 4.78 is 28.2. The Morgan fingerprint density at radius 2 is 1.87 bits per heavy atom. The van der Waals surface area contributed by atoms with Crippen molar-refractivity contribution in [1.82, 2.24) is 19.5 Å². The molecule has 3 fully saturated rings. The summed E-state index contributed by atoms with van der Waals surface area (Å²) in [5.41, 5.74) is 1.83. The summed E-state index contributed by atoms with van der Waals surface area (Å²) in [6, 6.07) is 8.26. The van der Waals surface area contributed by atoms with Crippen molar-refractivity contribution >= 4 is 50.5 Å². The fraction of sp³-hybridized carbons (Fsp3) is 0.500. The minimum atomic E-state index is -3.60. The number of piperidine rings is 1. The van der Waals surface area contributed by atoms with Crippen molar-refractivity contribution in [3.63, 3.8) is 0 Å². The van der Waals surface area contributed by atoms with Gasteiger partial charge in [-0.25, -0.2) is 13.4 Å². The van der Waals surface area contributed by atoms with Crippen LogP contribution >= 0.6 is 11.6 Å². The lowest BCUT2D eigenvalue weighted by atomic mass is 9.98. The smallest absolute Gasteiger partial charge is 0.256 e. The van der Waals surface area contributed by atoms with Gasteiger partial charge in [-0.3, -0.25) is 9.52 Å². The molecule has 0 unspecified atom stereocenters. The summed E-state index contributed by atoms with van der Waals surface area (Å²) in [6.45, 7) is 3.70. The van der Waals surface area contributed by atoms with Crippen LogP contribution in [-0.4, -0.2) is 84.0 Å². The number of rotatable bonds is 6. The Hall–Kier alpha value is -3.09. The van der Waals surface area contributed by atoms with Gasteiger partial charge in [0.2, 0.25) is 10.0 Å². The number of anilines is 3. The number of amides is 1. The molecule has 1 amide bonds. The molecule has 0 saturated carbocycles. The number of aliphatic hydroxyl groups excluding tert-OH is 1. The van der Waals surface area contributed by atoms with Gasteiger partial charge >= 0.3 is 0 Å². The molecule has 3 saturated heterocycles. The summed E-state index contributed by atoms with van der Waals surface area (Å²) in [5, 5.41) is 15.5. The highest BCUT2D eigenvalue weighted by Crippen LogP contribution is 2.36. The number of carbonyl (C=O) groups excluding carboxylic acids is 1.